The first-order chi connectivity index (χ1) is 7.31. The molecule has 0 spiro atoms. The van der Waals surface area contributed by atoms with Gasteiger partial charge in [0.2, 0.25) is 0 Å². The summed E-state index contributed by atoms with van der Waals surface area (Å²) in [6.07, 6.45) is 6.88. The molecule has 0 aliphatic heterocycles. The van der Waals surface area contributed by atoms with E-state index in [0.29, 0.717) is 6.54 Å². The number of pyridine rings is 1. The fraction of sp³-hybridized carbons (Fsp3) is 0.200. The molecule has 78 valence electrons. The molecule has 15 heavy (non-hydrogen) atoms. The van der Waals surface area contributed by atoms with Crippen LogP contribution in [-0.4, -0.2) is 21.3 Å². The second-order valence-electron chi connectivity index (χ2n) is 3.25. The minimum atomic E-state index is -0.263. The van der Waals surface area contributed by atoms with Crippen molar-refractivity contribution in [2.75, 3.05) is 6.54 Å². The molecule has 0 bridgehead atoms. The Morgan fingerprint density at radius 3 is 2.67 bits per heavy atom. The van der Waals surface area contributed by atoms with Crippen molar-refractivity contribution in [3.05, 3.63) is 36.9 Å². The summed E-state index contributed by atoms with van der Waals surface area (Å²) in [6, 6.07) is 3.85. The minimum Gasteiger partial charge on any atom is -0.327 e. The molecule has 2 rings (SSSR count). The smallest absolute Gasteiger partial charge is 0.111 e. The van der Waals surface area contributed by atoms with Crippen molar-refractivity contribution < 1.29 is 0 Å². The quantitative estimate of drug-likeness (QED) is 0.754. The zero-order valence-electron chi connectivity index (χ0n) is 8.24. The van der Waals surface area contributed by atoms with E-state index in [4.69, 9.17) is 11.5 Å². The lowest BCUT2D eigenvalue weighted by molar-refractivity contribution is 0.479. The third kappa shape index (κ3) is 2.03. The van der Waals surface area contributed by atoms with Crippen molar-refractivity contribution in [3.63, 3.8) is 0 Å². The van der Waals surface area contributed by atoms with Crippen molar-refractivity contribution >= 4 is 0 Å². The highest BCUT2D eigenvalue weighted by Gasteiger charge is 2.05. The van der Waals surface area contributed by atoms with Gasteiger partial charge in [-0.15, -0.1) is 0 Å². The van der Waals surface area contributed by atoms with Crippen LogP contribution in [0, 0.1) is 0 Å². The van der Waals surface area contributed by atoms with Crippen molar-refractivity contribution in [1.82, 2.24) is 14.8 Å². The van der Waals surface area contributed by atoms with E-state index in [1.807, 2.05) is 18.3 Å². The topological polar surface area (TPSA) is 82.8 Å². The largest absolute Gasteiger partial charge is 0.327 e. The molecular weight excluding hydrogens is 190 g/mol. The van der Waals surface area contributed by atoms with Gasteiger partial charge in [0.25, 0.3) is 0 Å². The van der Waals surface area contributed by atoms with Gasteiger partial charge in [-0.25, -0.2) is 0 Å². The van der Waals surface area contributed by atoms with Gasteiger partial charge in [-0.3, -0.25) is 9.67 Å². The number of nitrogens with zero attached hydrogens (tertiary/aromatic N) is 3. The summed E-state index contributed by atoms with van der Waals surface area (Å²) in [7, 11) is 0. The van der Waals surface area contributed by atoms with Gasteiger partial charge in [-0.05, 0) is 17.7 Å². The van der Waals surface area contributed by atoms with Gasteiger partial charge in [0, 0.05) is 30.7 Å². The molecule has 5 nitrogen and oxygen atoms in total. The van der Waals surface area contributed by atoms with Gasteiger partial charge in [-0.1, -0.05) is 0 Å². The number of hydrogen-bond acceptors (Lipinski definition) is 4. The summed E-state index contributed by atoms with van der Waals surface area (Å²) in [5.41, 5.74) is 13.3. The first-order valence-electron chi connectivity index (χ1n) is 4.71. The predicted molar refractivity (Wildman–Crippen MR) is 57.7 cm³/mol. The Bertz CT molecular complexity index is 422. The maximum absolute atomic E-state index is 5.75. The Labute approximate surface area is 87.7 Å². The molecule has 0 saturated heterocycles. The Morgan fingerprint density at radius 2 is 2.00 bits per heavy atom. The summed E-state index contributed by atoms with van der Waals surface area (Å²) in [5.74, 6) is 0. The summed E-state index contributed by atoms with van der Waals surface area (Å²) in [4.78, 5) is 3.96. The lowest BCUT2D eigenvalue weighted by Crippen LogP contribution is -2.27. The second-order valence-corrected chi connectivity index (χ2v) is 3.25. The molecule has 0 radical (unpaired) electrons. The zero-order valence-corrected chi connectivity index (χ0v) is 8.24. The molecule has 0 aliphatic carbocycles. The van der Waals surface area contributed by atoms with Crippen molar-refractivity contribution in [3.8, 4) is 11.1 Å². The Balaban J connectivity index is 2.28. The Morgan fingerprint density at radius 1 is 1.27 bits per heavy atom. The standard InChI is InChI=1S/C10H13N5/c11-5-10(12)15-7-9(6-14-15)8-1-3-13-4-2-8/h1-4,6-7,10H,5,11-12H2. The fourth-order valence-electron chi connectivity index (χ4n) is 1.32. The van der Waals surface area contributed by atoms with Gasteiger partial charge in [-0.2, -0.15) is 5.10 Å². The normalized spacial score (nSPS) is 12.7. The van der Waals surface area contributed by atoms with Crippen LogP contribution in [0.25, 0.3) is 11.1 Å². The van der Waals surface area contributed by atoms with Crippen LogP contribution in [0.1, 0.15) is 6.17 Å². The van der Waals surface area contributed by atoms with E-state index < -0.39 is 0 Å². The molecule has 0 saturated carbocycles. The van der Waals surface area contributed by atoms with E-state index in [2.05, 4.69) is 10.1 Å². The maximum Gasteiger partial charge on any atom is 0.111 e. The lowest BCUT2D eigenvalue weighted by atomic mass is 10.1. The predicted octanol–water partition coefficient (Wildman–Crippen LogP) is 0.361. The number of hydrogen-bond donors (Lipinski definition) is 2. The first-order valence-corrected chi connectivity index (χ1v) is 4.71. The molecule has 5 heteroatoms. The minimum absolute atomic E-state index is 0.263. The van der Waals surface area contributed by atoms with Crippen LogP contribution in [0.15, 0.2) is 36.9 Å². The molecule has 0 aromatic carbocycles. The van der Waals surface area contributed by atoms with Gasteiger partial charge in [0.1, 0.15) is 6.17 Å². The monoisotopic (exact) mass is 203 g/mol. The number of rotatable bonds is 3. The first kappa shape index (κ1) is 9.82. The maximum atomic E-state index is 5.75. The summed E-state index contributed by atoms with van der Waals surface area (Å²) in [6.45, 7) is 0.372. The molecule has 2 aromatic heterocycles. The molecule has 2 aromatic rings. The highest BCUT2D eigenvalue weighted by molar-refractivity contribution is 5.60. The van der Waals surface area contributed by atoms with Crippen LogP contribution in [0.2, 0.25) is 0 Å². The van der Waals surface area contributed by atoms with E-state index in [0.717, 1.165) is 11.1 Å². The van der Waals surface area contributed by atoms with Crippen molar-refractivity contribution in [2.24, 2.45) is 11.5 Å². The summed E-state index contributed by atoms with van der Waals surface area (Å²) >= 11 is 0. The SMILES string of the molecule is NCC(N)n1cc(-c2ccncc2)cn1. The third-order valence-electron chi connectivity index (χ3n) is 2.20. The Hall–Kier alpha value is -1.72. The Kier molecular flexibility index (Phi) is 2.75. The van der Waals surface area contributed by atoms with E-state index in [1.165, 1.54) is 0 Å². The third-order valence-corrected chi connectivity index (χ3v) is 2.20. The highest BCUT2D eigenvalue weighted by Crippen LogP contribution is 2.17. The molecule has 2 heterocycles. The van der Waals surface area contributed by atoms with Crippen LogP contribution >= 0.6 is 0 Å². The summed E-state index contributed by atoms with van der Waals surface area (Å²) < 4.78 is 1.66. The van der Waals surface area contributed by atoms with Crippen LogP contribution in [0.5, 0.6) is 0 Å². The average molecular weight is 203 g/mol. The van der Waals surface area contributed by atoms with E-state index >= 15 is 0 Å². The van der Waals surface area contributed by atoms with E-state index in [9.17, 15) is 0 Å². The highest BCUT2D eigenvalue weighted by atomic mass is 15.3. The van der Waals surface area contributed by atoms with Crippen LogP contribution < -0.4 is 11.5 Å². The van der Waals surface area contributed by atoms with Crippen LogP contribution in [0.3, 0.4) is 0 Å². The van der Waals surface area contributed by atoms with Crippen LogP contribution in [-0.2, 0) is 0 Å². The molecule has 0 fully saturated rings. The van der Waals surface area contributed by atoms with Gasteiger partial charge in [0.05, 0.1) is 6.20 Å². The fourth-order valence-corrected chi connectivity index (χ4v) is 1.32. The number of nitrogens with two attached hydrogens (primary N) is 2. The van der Waals surface area contributed by atoms with Gasteiger partial charge >= 0.3 is 0 Å². The van der Waals surface area contributed by atoms with Crippen LogP contribution in [0.4, 0.5) is 0 Å². The lowest BCUT2D eigenvalue weighted by Gasteiger charge is -2.07. The van der Waals surface area contributed by atoms with Crippen molar-refractivity contribution in [1.29, 1.82) is 0 Å². The van der Waals surface area contributed by atoms with Gasteiger partial charge in [0.15, 0.2) is 0 Å². The molecule has 1 atom stereocenters. The summed E-state index contributed by atoms with van der Waals surface area (Å²) in [5, 5.41) is 4.15. The second kappa shape index (κ2) is 4.20. The zero-order chi connectivity index (χ0) is 10.7. The molecule has 4 N–H and O–H groups in total. The van der Waals surface area contributed by atoms with Crippen molar-refractivity contribution in [2.45, 2.75) is 6.17 Å². The van der Waals surface area contributed by atoms with E-state index in [1.54, 1.807) is 23.3 Å². The number of aromatic nitrogens is 3. The molecule has 0 aliphatic rings. The molecular formula is C10H13N5. The van der Waals surface area contributed by atoms with Gasteiger partial charge < -0.3 is 11.5 Å². The molecule has 1 unspecified atom stereocenters. The molecule has 0 amide bonds. The average Bonchev–Trinajstić information content (AvgIpc) is 2.78. The van der Waals surface area contributed by atoms with E-state index in [-0.39, 0.29) is 6.17 Å².